The molecular formula is C19H23N3O4. The summed E-state index contributed by atoms with van der Waals surface area (Å²) in [5.74, 6) is -0.665. The molecule has 2 aromatic rings. The van der Waals surface area contributed by atoms with Crippen LogP contribution in [0.4, 0.5) is 11.4 Å². The van der Waals surface area contributed by atoms with Gasteiger partial charge in [-0.05, 0) is 43.3 Å². The number of carbonyl (C=O) groups is 3. The first kappa shape index (κ1) is 19.2. The van der Waals surface area contributed by atoms with E-state index in [1.165, 1.54) is 6.26 Å². The first-order valence-corrected chi connectivity index (χ1v) is 8.23. The highest BCUT2D eigenvalue weighted by atomic mass is 16.3. The van der Waals surface area contributed by atoms with Crippen LogP contribution in [0.1, 0.15) is 38.2 Å². The van der Waals surface area contributed by atoms with E-state index in [1.807, 2.05) is 0 Å². The van der Waals surface area contributed by atoms with Crippen LogP contribution in [0.15, 0.2) is 47.1 Å². The van der Waals surface area contributed by atoms with E-state index < -0.39 is 11.5 Å². The van der Waals surface area contributed by atoms with Gasteiger partial charge in [0.25, 0.3) is 5.91 Å². The Balaban J connectivity index is 1.91. The number of furan rings is 1. The smallest absolute Gasteiger partial charge is 0.291 e. The molecule has 0 aliphatic carbocycles. The highest BCUT2D eigenvalue weighted by Crippen LogP contribution is 2.16. The Morgan fingerprint density at radius 1 is 0.962 bits per heavy atom. The van der Waals surface area contributed by atoms with Gasteiger partial charge in [0, 0.05) is 16.8 Å². The quantitative estimate of drug-likeness (QED) is 0.766. The van der Waals surface area contributed by atoms with Gasteiger partial charge in [0.15, 0.2) is 5.76 Å². The summed E-state index contributed by atoms with van der Waals surface area (Å²) < 4.78 is 5.02. The van der Waals surface area contributed by atoms with Gasteiger partial charge in [-0.3, -0.25) is 14.4 Å². The van der Waals surface area contributed by atoms with Gasteiger partial charge in [0.05, 0.1) is 6.26 Å². The fourth-order valence-corrected chi connectivity index (χ4v) is 1.97. The predicted octanol–water partition coefficient (Wildman–Crippen LogP) is 3.02. The van der Waals surface area contributed by atoms with Crippen LogP contribution < -0.4 is 16.0 Å². The van der Waals surface area contributed by atoms with E-state index in [2.05, 4.69) is 16.0 Å². The van der Waals surface area contributed by atoms with E-state index >= 15 is 0 Å². The maximum atomic E-state index is 12.2. The number of hydrogen-bond donors (Lipinski definition) is 3. The van der Waals surface area contributed by atoms with Gasteiger partial charge in [-0.1, -0.05) is 20.8 Å². The van der Waals surface area contributed by atoms with E-state index in [1.54, 1.807) is 64.1 Å². The molecule has 1 unspecified atom stereocenters. The van der Waals surface area contributed by atoms with Gasteiger partial charge in [-0.2, -0.15) is 0 Å². The molecule has 2 rings (SSSR count). The standard InChI is InChI=1S/C19H23N3O4/c1-12(20-18(25)19(2,3)4)16(23)21-13-7-9-14(10-8-13)22-17(24)15-6-5-11-26-15/h5-12H,1-4H3,(H,20,25)(H,21,23)(H,22,24). The molecule has 1 aromatic carbocycles. The van der Waals surface area contributed by atoms with Crippen molar-refractivity contribution in [2.45, 2.75) is 33.7 Å². The summed E-state index contributed by atoms with van der Waals surface area (Å²) in [5.41, 5.74) is 0.559. The van der Waals surface area contributed by atoms with E-state index in [0.717, 1.165) is 0 Å². The summed E-state index contributed by atoms with van der Waals surface area (Å²) in [6.07, 6.45) is 1.42. The highest BCUT2D eigenvalue weighted by molar-refractivity contribution is 6.02. The first-order valence-electron chi connectivity index (χ1n) is 8.23. The maximum absolute atomic E-state index is 12.2. The summed E-state index contributed by atoms with van der Waals surface area (Å²) >= 11 is 0. The minimum absolute atomic E-state index is 0.198. The van der Waals surface area contributed by atoms with Crippen molar-refractivity contribution in [2.24, 2.45) is 5.41 Å². The third-order valence-corrected chi connectivity index (χ3v) is 3.58. The summed E-state index contributed by atoms with van der Waals surface area (Å²) in [5, 5.41) is 8.08. The second-order valence-corrected chi connectivity index (χ2v) is 6.94. The van der Waals surface area contributed by atoms with Crippen LogP contribution in [-0.2, 0) is 9.59 Å². The number of anilines is 2. The first-order chi connectivity index (χ1) is 12.2. The molecule has 0 aliphatic heterocycles. The van der Waals surface area contributed by atoms with Crippen molar-refractivity contribution in [3.8, 4) is 0 Å². The number of nitrogens with one attached hydrogen (secondary N) is 3. The Hall–Kier alpha value is -3.09. The number of rotatable bonds is 5. The third-order valence-electron chi connectivity index (χ3n) is 3.58. The zero-order valence-corrected chi connectivity index (χ0v) is 15.3. The molecule has 1 aromatic heterocycles. The average molecular weight is 357 g/mol. The largest absolute Gasteiger partial charge is 0.459 e. The van der Waals surface area contributed by atoms with E-state index in [4.69, 9.17) is 4.42 Å². The second kappa shape index (κ2) is 7.86. The Kier molecular flexibility index (Phi) is 5.82. The van der Waals surface area contributed by atoms with Crippen molar-refractivity contribution < 1.29 is 18.8 Å². The molecule has 3 N–H and O–H groups in total. The lowest BCUT2D eigenvalue weighted by Gasteiger charge is -2.21. The van der Waals surface area contributed by atoms with Crippen molar-refractivity contribution >= 4 is 29.1 Å². The highest BCUT2D eigenvalue weighted by Gasteiger charge is 2.25. The minimum Gasteiger partial charge on any atom is -0.459 e. The summed E-state index contributed by atoms with van der Waals surface area (Å²) in [7, 11) is 0. The molecule has 26 heavy (non-hydrogen) atoms. The minimum atomic E-state index is -0.667. The lowest BCUT2D eigenvalue weighted by atomic mass is 9.95. The zero-order valence-electron chi connectivity index (χ0n) is 15.3. The van der Waals surface area contributed by atoms with Crippen LogP contribution in [0.3, 0.4) is 0 Å². The van der Waals surface area contributed by atoms with Crippen LogP contribution in [0.2, 0.25) is 0 Å². The molecular weight excluding hydrogens is 334 g/mol. The normalized spacial score (nSPS) is 12.2. The summed E-state index contributed by atoms with van der Waals surface area (Å²) in [6, 6.07) is 9.18. The van der Waals surface area contributed by atoms with Crippen molar-refractivity contribution in [3.63, 3.8) is 0 Å². The molecule has 1 atom stereocenters. The molecule has 138 valence electrons. The lowest BCUT2D eigenvalue weighted by molar-refractivity contribution is -0.131. The molecule has 1 heterocycles. The number of amides is 3. The van der Waals surface area contributed by atoms with Gasteiger partial charge in [-0.15, -0.1) is 0 Å². The monoisotopic (exact) mass is 357 g/mol. The summed E-state index contributed by atoms with van der Waals surface area (Å²) in [6.45, 7) is 6.96. The topological polar surface area (TPSA) is 100 Å². The Morgan fingerprint density at radius 3 is 2.04 bits per heavy atom. The Morgan fingerprint density at radius 2 is 1.54 bits per heavy atom. The van der Waals surface area contributed by atoms with Gasteiger partial charge in [-0.25, -0.2) is 0 Å². The second-order valence-electron chi connectivity index (χ2n) is 6.94. The van der Waals surface area contributed by atoms with Crippen LogP contribution in [0.25, 0.3) is 0 Å². The van der Waals surface area contributed by atoms with E-state index in [-0.39, 0.29) is 23.5 Å². The molecule has 0 radical (unpaired) electrons. The van der Waals surface area contributed by atoms with E-state index in [9.17, 15) is 14.4 Å². The van der Waals surface area contributed by atoms with E-state index in [0.29, 0.717) is 11.4 Å². The van der Waals surface area contributed by atoms with Gasteiger partial charge < -0.3 is 20.4 Å². The molecule has 0 saturated heterocycles. The van der Waals surface area contributed by atoms with Crippen molar-refractivity contribution in [2.75, 3.05) is 10.6 Å². The Labute approximate surface area is 152 Å². The third kappa shape index (κ3) is 5.20. The fraction of sp³-hybridized carbons (Fsp3) is 0.316. The number of benzene rings is 1. The van der Waals surface area contributed by atoms with Crippen molar-refractivity contribution in [1.82, 2.24) is 5.32 Å². The molecule has 7 heteroatoms. The van der Waals surface area contributed by atoms with Gasteiger partial charge in [0.1, 0.15) is 6.04 Å². The average Bonchev–Trinajstić information content (AvgIpc) is 3.10. The number of carbonyl (C=O) groups excluding carboxylic acids is 3. The van der Waals surface area contributed by atoms with Crippen LogP contribution >= 0.6 is 0 Å². The zero-order chi connectivity index (χ0) is 19.3. The van der Waals surface area contributed by atoms with Crippen molar-refractivity contribution in [1.29, 1.82) is 0 Å². The number of hydrogen-bond acceptors (Lipinski definition) is 4. The molecule has 0 spiro atoms. The molecule has 7 nitrogen and oxygen atoms in total. The molecule has 0 aliphatic rings. The summed E-state index contributed by atoms with van der Waals surface area (Å²) in [4.78, 5) is 36.0. The van der Waals surface area contributed by atoms with Crippen LogP contribution in [-0.4, -0.2) is 23.8 Å². The fourth-order valence-electron chi connectivity index (χ4n) is 1.97. The SMILES string of the molecule is CC(NC(=O)C(C)(C)C)C(=O)Nc1ccc(NC(=O)c2ccco2)cc1. The molecule has 0 fully saturated rings. The Bertz CT molecular complexity index is 774. The van der Waals surface area contributed by atoms with Gasteiger partial charge in [0.2, 0.25) is 11.8 Å². The predicted molar refractivity (Wildman–Crippen MR) is 98.8 cm³/mol. The maximum Gasteiger partial charge on any atom is 0.291 e. The van der Waals surface area contributed by atoms with Crippen molar-refractivity contribution in [3.05, 3.63) is 48.4 Å². The molecule has 0 saturated carbocycles. The van der Waals surface area contributed by atoms with Gasteiger partial charge >= 0.3 is 0 Å². The molecule has 0 bridgehead atoms. The van der Waals surface area contributed by atoms with Crippen LogP contribution in [0.5, 0.6) is 0 Å². The lowest BCUT2D eigenvalue weighted by Crippen LogP contribution is -2.46. The molecule has 3 amide bonds. The van der Waals surface area contributed by atoms with Crippen LogP contribution in [0, 0.1) is 5.41 Å².